The van der Waals surface area contributed by atoms with Crippen LogP contribution in [0.4, 0.5) is 13.2 Å². The second kappa shape index (κ2) is 5.56. The number of ether oxygens (including phenoxy) is 1. The van der Waals surface area contributed by atoms with Crippen molar-refractivity contribution in [1.29, 1.82) is 0 Å². The Balaban J connectivity index is 3.18. The average molecular weight is 323 g/mol. The third-order valence-corrected chi connectivity index (χ3v) is 2.86. The van der Waals surface area contributed by atoms with E-state index >= 15 is 0 Å². The minimum absolute atomic E-state index is 0.0545. The molecule has 1 aromatic rings. The van der Waals surface area contributed by atoms with E-state index in [1.165, 1.54) is 24.3 Å². The van der Waals surface area contributed by atoms with Crippen LogP contribution in [0.5, 0.6) is 0 Å². The molecule has 0 N–H and O–H groups in total. The van der Waals surface area contributed by atoms with Crippen LogP contribution in [0.2, 0.25) is 0 Å². The molecule has 1 rings (SSSR count). The Kier molecular flexibility index (Phi) is 4.56. The van der Waals surface area contributed by atoms with Crippen molar-refractivity contribution in [1.82, 2.24) is 0 Å². The van der Waals surface area contributed by atoms with Gasteiger partial charge in [0, 0.05) is 10.0 Å². The first kappa shape index (κ1) is 14.8. The van der Waals surface area contributed by atoms with E-state index in [1.807, 2.05) is 0 Å². The van der Waals surface area contributed by atoms with Gasteiger partial charge in [-0.05, 0) is 17.7 Å². The van der Waals surface area contributed by atoms with Crippen molar-refractivity contribution in [2.45, 2.75) is 12.1 Å². The maximum Gasteiger partial charge on any atom is 0.399 e. The minimum atomic E-state index is -4.60. The van der Waals surface area contributed by atoms with E-state index in [0.717, 1.165) is 7.11 Å². The van der Waals surface area contributed by atoms with Crippen molar-refractivity contribution in [3.63, 3.8) is 0 Å². The lowest BCUT2D eigenvalue weighted by Crippen LogP contribution is -2.26. The summed E-state index contributed by atoms with van der Waals surface area (Å²) >= 11 is 3.13. The van der Waals surface area contributed by atoms with Crippen LogP contribution >= 0.6 is 15.9 Å². The van der Waals surface area contributed by atoms with Crippen LogP contribution in [0.3, 0.4) is 0 Å². The largest absolute Gasteiger partial charge is 0.466 e. The van der Waals surface area contributed by atoms with Crippen LogP contribution in [0.15, 0.2) is 40.9 Å². The fourth-order valence-corrected chi connectivity index (χ4v) is 1.76. The number of hydrogen-bond acceptors (Lipinski definition) is 2. The van der Waals surface area contributed by atoms with Crippen LogP contribution in [-0.2, 0) is 9.53 Å². The zero-order valence-electron chi connectivity index (χ0n) is 9.42. The molecule has 0 saturated heterocycles. The number of methoxy groups -OCH3 is 1. The Hall–Kier alpha value is -1.30. The van der Waals surface area contributed by atoms with Gasteiger partial charge in [0.1, 0.15) is 5.92 Å². The summed E-state index contributed by atoms with van der Waals surface area (Å²) in [5, 5.41) is 0. The Bertz CT molecular complexity index is 451. The van der Waals surface area contributed by atoms with Gasteiger partial charge in [0.15, 0.2) is 0 Å². The Labute approximate surface area is 111 Å². The molecule has 0 spiro atoms. The zero-order chi connectivity index (χ0) is 13.9. The molecule has 18 heavy (non-hydrogen) atoms. The van der Waals surface area contributed by atoms with E-state index in [2.05, 4.69) is 27.2 Å². The fourth-order valence-electron chi connectivity index (χ4n) is 1.49. The van der Waals surface area contributed by atoms with Crippen molar-refractivity contribution in [3.8, 4) is 0 Å². The molecule has 0 aliphatic rings. The second-order valence-electron chi connectivity index (χ2n) is 3.54. The van der Waals surface area contributed by atoms with Crippen LogP contribution in [0.1, 0.15) is 11.5 Å². The summed E-state index contributed by atoms with van der Waals surface area (Å²) in [7, 11) is 1.02. The van der Waals surface area contributed by atoms with Gasteiger partial charge in [-0.15, -0.1) is 0 Å². The van der Waals surface area contributed by atoms with Crippen molar-refractivity contribution in [3.05, 3.63) is 46.5 Å². The van der Waals surface area contributed by atoms with Gasteiger partial charge in [-0.2, -0.15) is 13.2 Å². The third-order valence-electron chi connectivity index (χ3n) is 2.33. The molecule has 98 valence electrons. The summed E-state index contributed by atoms with van der Waals surface area (Å²) < 4.78 is 43.9. The van der Waals surface area contributed by atoms with E-state index in [-0.39, 0.29) is 5.56 Å². The summed E-state index contributed by atoms with van der Waals surface area (Å²) in [6.07, 6.45) is -4.60. The smallest absolute Gasteiger partial charge is 0.399 e. The van der Waals surface area contributed by atoms with Gasteiger partial charge in [0.25, 0.3) is 0 Å². The minimum Gasteiger partial charge on any atom is -0.466 e. The third kappa shape index (κ3) is 3.35. The van der Waals surface area contributed by atoms with Crippen LogP contribution in [0, 0.1) is 0 Å². The van der Waals surface area contributed by atoms with Gasteiger partial charge in [-0.3, -0.25) is 0 Å². The monoisotopic (exact) mass is 322 g/mol. The molecular weight excluding hydrogens is 313 g/mol. The molecule has 0 saturated carbocycles. The average Bonchev–Trinajstić information content (AvgIpc) is 2.29. The highest BCUT2D eigenvalue weighted by Crippen LogP contribution is 2.40. The number of hydrogen-bond donors (Lipinski definition) is 0. The molecule has 1 atom stereocenters. The number of carbonyl (C=O) groups excluding carboxylic acids is 1. The first-order valence-electron chi connectivity index (χ1n) is 4.86. The standard InChI is InChI=1S/C12H10BrF3O2/c1-7(11(17)18-2)10(12(14,15)16)8-3-5-9(13)6-4-8/h3-6,10H,1H2,2H3. The normalized spacial score (nSPS) is 12.9. The number of halogens is 4. The summed E-state index contributed by atoms with van der Waals surface area (Å²) in [6, 6.07) is 5.52. The summed E-state index contributed by atoms with van der Waals surface area (Å²) in [5.41, 5.74) is -0.687. The number of alkyl halides is 3. The van der Waals surface area contributed by atoms with Gasteiger partial charge < -0.3 is 4.74 Å². The second-order valence-corrected chi connectivity index (χ2v) is 4.46. The van der Waals surface area contributed by atoms with E-state index in [0.29, 0.717) is 4.47 Å². The molecular formula is C12H10BrF3O2. The number of rotatable bonds is 3. The molecule has 0 amide bonds. The van der Waals surface area contributed by atoms with E-state index in [1.54, 1.807) is 0 Å². The molecule has 1 aromatic carbocycles. The van der Waals surface area contributed by atoms with E-state index in [4.69, 9.17) is 0 Å². The van der Waals surface area contributed by atoms with E-state index < -0.39 is 23.6 Å². The van der Waals surface area contributed by atoms with Crippen molar-refractivity contribution < 1.29 is 22.7 Å². The Morgan fingerprint density at radius 1 is 1.33 bits per heavy atom. The number of benzene rings is 1. The van der Waals surface area contributed by atoms with Crippen LogP contribution in [0.25, 0.3) is 0 Å². The summed E-state index contributed by atoms with van der Waals surface area (Å²) in [4.78, 5) is 11.2. The van der Waals surface area contributed by atoms with Gasteiger partial charge >= 0.3 is 12.1 Å². The van der Waals surface area contributed by atoms with Gasteiger partial charge in [-0.1, -0.05) is 34.6 Å². The molecule has 6 heteroatoms. The van der Waals surface area contributed by atoms with Crippen molar-refractivity contribution >= 4 is 21.9 Å². The highest BCUT2D eigenvalue weighted by atomic mass is 79.9. The molecule has 0 aliphatic carbocycles. The van der Waals surface area contributed by atoms with Crippen LogP contribution < -0.4 is 0 Å². The predicted octanol–water partition coefficient (Wildman–Crippen LogP) is 3.82. The highest BCUT2D eigenvalue weighted by molar-refractivity contribution is 9.10. The lowest BCUT2D eigenvalue weighted by Gasteiger charge is -2.21. The first-order valence-corrected chi connectivity index (χ1v) is 5.66. The lowest BCUT2D eigenvalue weighted by atomic mass is 9.91. The maximum absolute atomic E-state index is 13.0. The fraction of sp³-hybridized carbons (Fsp3) is 0.250. The zero-order valence-corrected chi connectivity index (χ0v) is 11.0. The molecule has 1 unspecified atom stereocenters. The summed E-state index contributed by atoms with van der Waals surface area (Å²) in [5.74, 6) is -3.13. The SMILES string of the molecule is C=C(C(=O)OC)C(c1ccc(Br)cc1)C(F)(F)F. The molecule has 0 bridgehead atoms. The van der Waals surface area contributed by atoms with Crippen molar-refractivity contribution in [2.24, 2.45) is 0 Å². The molecule has 0 fully saturated rings. The first-order chi connectivity index (χ1) is 8.27. The number of carbonyl (C=O) groups is 1. The predicted molar refractivity (Wildman–Crippen MR) is 64.1 cm³/mol. The van der Waals surface area contributed by atoms with Gasteiger partial charge in [-0.25, -0.2) is 4.79 Å². The molecule has 0 heterocycles. The Morgan fingerprint density at radius 2 is 1.83 bits per heavy atom. The topological polar surface area (TPSA) is 26.3 Å². The molecule has 0 radical (unpaired) electrons. The highest BCUT2D eigenvalue weighted by Gasteiger charge is 2.44. The molecule has 2 nitrogen and oxygen atoms in total. The van der Waals surface area contributed by atoms with Gasteiger partial charge in [0.05, 0.1) is 7.11 Å². The maximum atomic E-state index is 13.0. The lowest BCUT2D eigenvalue weighted by molar-refractivity contribution is -0.153. The summed E-state index contributed by atoms with van der Waals surface area (Å²) in [6.45, 7) is 3.18. The van der Waals surface area contributed by atoms with Crippen LogP contribution in [-0.4, -0.2) is 19.3 Å². The quantitative estimate of drug-likeness (QED) is 0.624. The van der Waals surface area contributed by atoms with Crippen molar-refractivity contribution in [2.75, 3.05) is 7.11 Å². The number of esters is 1. The molecule has 0 aromatic heterocycles. The molecule has 0 aliphatic heterocycles. The van der Waals surface area contributed by atoms with Gasteiger partial charge in [0.2, 0.25) is 0 Å². The van der Waals surface area contributed by atoms with E-state index in [9.17, 15) is 18.0 Å². The Morgan fingerprint density at radius 3 is 2.22 bits per heavy atom.